The van der Waals surface area contributed by atoms with Crippen molar-refractivity contribution in [3.8, 4) is 0 Å². The predicted octanol–water partition coefficient (Wildman–Crippen LogP) is 1.95. The van der Waals surface area contributed by atoms with E-state index in [0.29, 0.717) is 45.0 Å². The molecule has 132 valence electrons. The number of carbonyl (C=O) groups is 2. The summed E-state index contributed by atoms with van der Waals surface area (Å²) in [7, 11) is 0. The fourth-order valence-electron chi connectivity index (χ4n) is 2.99. The zero-order chi connectivity index (χ0) is 16.9. The van der Waals surface area contributed by atoms with Crippen LogP contribution < -0.4 is 5.32 Å². The topological polar surface area (TPSA) is 71.8 Å². The molecule has 1 aromatic heterocycles. The van der Waals surface area contributed by atoms with Crippen molar-refractivity contribution in [2.75, 3.05) is 19.7 Å². The van der Waals surface area contributed by atoms with E-state index in [4.69, 9.17) is 9.15 Å². The third-order valence-electron chi connectivity index (χ3n) is 4.82. The third kappa shape index (κ3) is 4.60. The van der Waals surface area contributed by atoms with Crippen molar-refractivity contribution < 1.29 is 18.7 Å². The molecule has 0 spiro atoms. The second kappa shape index (κ2) is 7.83. The number of amides is 2. The van der Waals surface area contributed by atoms with Gasteiger partial charge >= 0.3 is 0 Å². The number of hydrogen-bond acceptors (Lipinski definition) is 4. The Labute approximate surface area is 142 Å². The van der Waals surface area contributed by atoms with Gasteiger partial charge in [-0.1, -0.05) is 0 Å². The van der Waals surface area contributed by atoms with E-state index < -0.39 is 0 Å². The number of rotatable bonds is 7. The molecule has 2 amide bonds. The molecule has 1 N–H and O–H groups in total. The number of ether oxygens (including phenoxy) is 1. The Morgan fingerprint density at radius 2 is 2.08 bits per heavy atom. The lowest BCUT2D eigenvalue weighted by Gasteiger charge is -2.32. The van der Waals surface area contributed by atoms with Crippen molar-refractivity contribution in [3.05, 3.63) is 24.2 Å². The van der Waals surface area contributed by atoms with Crippen molar-refractivity contribution in [1.29, 1.82) is 0 Å². The summed E-state index contributed by atoms with van der Waals surface area (Å²) in [4.78, 5) is 26.4. The molecule has 0 aromatic carbocycles. The molecule has 1 atom stereocenters. The third-order valence-corrected chi connectivity index (χ3v) is 4.82. The fraction of sp³-hybridized carbons (Fsp3) is 0.667. The summed E-state index contributed by atoms with van der Waals surface area (Å²) in [6.07, 6.45) is 5.06. The number of piperidine rings is 1. The van der Waals surface area contributed by atoms with E-state index in [1.54, 1.807) is 12.3 Å². The molecule has 0 radical (unpaired) electrons. The molecule has 2 heterocycles. The van der Waals surface area contributed by atoms with Gasteiger partial charge in [-0.25, -0.2) is 0 Å². The molecular weight excluding hydrogens is 308 g/mol. The molecule has 24 heavy (non-hydrogen) atoms. The van der Waals surface area contributed by atoms with Crippen LogP contribution in [0.5, 0.6) is 0 Å². The van der Waals surface area contributed by atoms with Crippen LogP contribution in [-0.2, 0) is 20.9 Å². The molecule has 1 saturated heterocycles. The molecular formula is C18H26N2O4. The smallest absolute Gasteiger partial charge is 0.251 e. The van der Waals surface area contributed by atoms with Crippen molar-refractivity contribution in [2.24, 2.45) is 11.8 Å². The van der Waals surface area contributed by atoms with Crippen molar-refractivity contribution in [2.45, 2.75) is 45.3 Å². The average Bonchev–Trinajstić information content (AvgIpc) is 3.30. The van der Waals surface area contributed by atoms with Crippen LogP contribution in [0, 0.1) is 11.8 Å². The van der Waals surface area contributed by atoms with Crippen LogP contribution in [0.4, 0.5) is 0 Å². The van der Waals surface area contributed by atoms with E-state index in [1.165, 1.54) is 12.8 Å². The van der Waals surface area contributed by atoms with Crippen molar-refractivity contribution in [3.63, 3.8) is 0 Å². The molecule has 3 rings (SSSR count). The fourth-order valence-corrected chi connectivity index (χ4v) is 2.99. The van der Waals surface area contributed by atoms with Gasteiger partial charge in [0.1, 0.15) is 11.9 Å². The van der Waals surface area contributed by atoms with Crippen LogP contribution in [-0.4, -0.2) is 42.5 Å². The highest BCUT2D eigenvalue weighted by Crippen LogP contribution is 2.29. The largest absolute Gasteiger partial charge is 0.467 e. The molecule has 2 fully saturated rings. The molecule has 1 saturated carbocycles. The Kier molecular flexibility index (Phi) is 5.56. The highest BCUT2D eigenvalue weighted by molar-refractivity contribution is 5.82. The molecule has 1 aliphatic carbocycles. The van der Waals surface area contributed by atoms with Gasteiger partial charge in [-0.15, -0.1) is 0 Å². The monoisotopic (exact) mass is 334 g/mol. The van der Waals surface area contributed by atoms with E-state index in [-0.39, 0.29) is 23.8 Å². The minimum absolute atomic E-state index is 0.0355. The normalized spacial score (nSPS) is 20.0. The second-order valence-electron chi connectivity index (χ2n) is 6.82. The summed E-state index contributed by atoms with van der Waals surface area (Å²) in [5.74, 6) is 1.45. The highest BCUT2D eigenvalue weighted by Gasteiger charge is 2.30. The van der Waals surface area contributed by atoms with Crippen molar-refractivity contribution in [1.82, 2.24) is 10.2 Å². The molecule has 1 aromatic rings. The van der Waals surface area contributed by atoms with Gasteiger partial charge in [0.15, 0.2) is 0 Å². The quantitative estimate of drug-likeness (QED) is 0.827. The Balaban J connectivity index is 1.37. The van der Waals surface area contributed by atoms with E-state index in [9.17, 15) is 9.59 Å². The van der Waals surface area contributed by atoms with Gasteiger partial charge < -0.3 is 19.4 Å². The lowest BCUT2D eigenvalue weighted by molar-refractivity contribution is -0.145. The minimum atomic E-state index is -0.380. The zero-order valence-electron chi connectivity index (χ0n) is 14.2. The SMILES string of the molecule is CC(OCC1CC1)C(=O)N1CCC(C(=O)NCc2ccco2)CC1. The summed E-state index contributed by atoms with van der Waals surface area (Å²) in [6, 6.07) is 3.64. The van der Waals surface area contributed by atoms with Crippen LogP contribution in [0.15, 0.2) is 22.8 Å². The van der Waals surface area contributed by atoms with E-state index in [1.807, 2.05) is 17.9 Å². The zero-order valence-corrected chi connectivity index (χ0v) is 14.2. The van der Waals surface area contributed by atoms with Crippen LogP contribution in [0.25, 0.3) is 0 Å². The molecule has 6 nitrogen and oxygen atoms in total. The summed E-state index contributed by atoms with van der Waals surface area (Å²) >= 11 is 0. The highest BCUT2D eigenvalue weighted by atomic mass is 16.5. The predicted molar refractivity (Wildman–Crippen MR) is 88.0 cm³/mol. The maximum atomic E-state index is 12.4. The maximum Gasteiger partial charge on any atom is 0.251 e. The first-order valence-electron chi connectivity index (χ1n) is 8.84. The van der Waals surface area contributed by atoms with E-state index in [2.05, 4.69) is 5.32 Å². The summed E-state index contributed by atoms with van der Waals surface area (Å²) < 4.78 is 10.9. The van der Waals surface area contributed by atoms with Gasteiger partial charge in [0.2, 0.25) is 5.91 Å². The first kappa shape index (κ1) is 17.0. The standard InChI is InChI=1S/C18H26N2O4/c1-13(24-12-14-4-5-14)18(22)20-8-6-15(7-9-20)17(21)19-11-16-3-2-10-23-16/h2-3,10,13-15H,4-9,11-12H2,1H3,(H,19,21). The van der Waals surface area contributed by atoms with Crippen LogP contribution in [0.2, 0.25) is 0 Å². The Morgan fingerprint density at radius 1 is 1.33 bits per heavy atom. The van der Waals surface area contributed by atoms with Gasteiger partial charge in [0, 0.05) is 19.0 Å². The molecule has 6 heteroatoms. The number of furan rings is 1. The first-order valence-corrected chi connectivity index (χ1v) is 8.84. The van der Waals surface area contributed by atoms with E-state index >= 15 is 0 Å². The second-order valence-corrected chi connectivity index (χ2v) is 6.82. The lowest BCUT2D eigenvalue weighted by Crippen LogP contribution is -2.46. The van der Waals surface area contributed by atoms with Crippen LogP contribution in [0.1, 0.15) is 38.4 Å². The first-order chi connectivity index (χ1) is 11.6. The average molecular weight is 334 g/mol. The Morgan fingerprint density at radius 3 is 2.71 bits per heavy atom. The molecule has 0 bridgehead atoms. The van der Waals surface area contributed by atoms with Crippen LogP contribution in [0.3, 0.4) is 0 Å². The van der Waals surface area contributed by atoms with Gasteiger partial charge in [-0.05, 0) is 50.7 Å². The van der Waals surface area contributed by atoms with E-state index in [0.717, 1.165) is 5.76 Å². The maximum absolute atomic E-state index is 12.4. The molecule has 1 aliphatic heterocycles. The van der Waals surface area contributed by atoms with Gasteiger partial charge in [-0.2, -0.15) is 0 Å². The van der Waals surface area contributed by atoms with Gasteiger partial charge in [0.25, 0.3) is 5.91 Å². The molecule has 1 unspecified atom stereocenters. The Hall–Kier alpha value is -1.82. The minimum Gasteiger partial charge on any atom is -0.467 e. The summed E-state index contributed by atoms with van der Waals surface area (Å²) in [6.45, 7) is 4.17. The number of nitrogens with zero attached hydrogens (tertiary/aromatic N) is 1. The number of likely N-dealkylation sites (tertiary alicyclic amines) is 1. The van der Waals surface area contributed by atoms with Gasteiger partial charge in [0.05, 0.1) is 19.4 Å². The number of hydrogen-bond donors (Lipinski definition) is 1. The molecule has 2 aliphatic rings. The lowest BCUT2D eigenvalue weighted by atomic mass is 9.95. The number of nitrogens with one attached hydrogen (secondary N) is 1. The number of carbonyl (C=O) groups excluding carboxylic acids is 2. The summed E-state index contributed by atoms with van der Waals surface area (Å²) in [5, 5.41) is 2.90. The Bertz CT molecular complexity index is 545. The van der Waals surface area contributed by atoms with Crippen molar-refractivity contribution >= 4 is 11.8 Å². The van der Waals surface area contributed by atoms with Crippen LogP contribution >= 0.6 is 0 Å². The summed E-state index contributed by atoms with van der Waals surface area (Å²) in [5.41, 5.74) is 0. The van der Waals surface area contributed by atoms with Gasteiger partial charge in [-0.3, -0.25) is 9.59 Å².